The first-order valence-electron chi connectivity index (χ1n) is 4.97. The summed E-state index contributed by atoms with van der Waals surface area (Å²) >= 11 is 1.23. The van der Waals surface area contributed by atoms with Crippen molar-refractivity contribution in [3.63, 3.8) is 0 Å². The minimum absolute atomic E-state index is 0.312. The van der Waals surface area contributed by atoms with E-state index in [-0.39, 0.29) is 0 Å². The van der Waals surface area contributed by atoms with Gasteiger partial charge in [0.25, 0.3) is 0 Å². The maximum atomic E-state index is 5.67. The van der Waals surface area contributed by atoms with Crippen LogP contribution in [0, 0.1) is 0 Å². The molecule has 2 aromatic heterocycles. The van der Waals surface area contributed by atoms with Crippen molar-refractivity contribution >= 4 is 29.1 Å². The first-order chi connectivity index (χ1) is 8.58. The van der Waals surface area contributed by atoms with Crippen molar-refractivity contribution in [2.45, 2.75) is 10.2 Å². The van der Waals surface area contributed by atoms with Gasteiger partial charge in [-0.2, -0.15) is 0 Å². The summed E-state index contributed by atoms with van der Waals surface area (Å²) in [5.41, 5.74) is 17.3. The number of anilines is 3. The third-order valence-corrected chi connectivity index (χ3v) is 2.80. The van der Waals surface area contributed by atoms with Crippen LogP contribution in [0.3, 0.4) is 0 Å². The third kappa shape index (κ3) is 2.72. The Morgan fingerprint density at radius 1 is 1.06 bits per heavy atom. The minimum atomic E-state index is 0.312. The van der Waals surface area contributed by atoms with Crippen LogP contribution < -0.4 is 21.9 Å². The SMILES string of the molecule is COc1nc(Sc2nc(N)cc(N)n2)ccc1N. The van der Waals surface area contributed by atoms with Gasteiger partial charge in [0, 0.05) is 6.07 Å². The lowest BCUT2D eigenvalue weighted by molar-refractivity contribution is 0.397. The molecule has 18 heavy (non-hydrogen) atoms. The average Bonchev–Trinajstić information content (AvgIpc) is 2.30. The van der Waals surface area contributed by atoms with Gasteiger partial charge >= 0.3 is 0 Å². The molecule has 6 N–H and O–H groups in total. The monoisotopic (exact) mass is 264 g/mol. The fourth-order valence-electron chi connectivity index (χ4n) is 1.26. The van der Waals surface area contributed by atoms with E-state index >= 15 is 0 Å². The second-order valence-electron chi connectivity index (χ2n) is 3.35. The van der Waals surface area contributed by atoms with Crippen LogP contribution in [-0.4, -0.2) is 22.1 Å². The van der Waals surface area contributed by atoms with Gasteiger partial charge in [-0.15, -0.1) is 0 Å². The van der Waals surface area contributed by atoms with Gasteiger partial charge in [-0.3, -0.25) is 0 Å². The second-order valence-corrected chi connectivity index (χ2v) is 4.34. The topological polar surface area (TPSA) is 126 Å². The van der Waals surface area contributed by atoms with E-state index in [1.54, 1.807) is 12.1 Å². The Labute approximate surface area is 108 Å². The van der Waals surface area contributed by atoms with Crippen LogP contribution in [0.5, 0.6) is 5.88 Å². The molecule has 0 unspecified atom stereocenters. The van der Waals surface area contributed by atoms with Gasteiger partial charge in [-0.05, 0) is 23.9 Å². The number of rotatable bonds is 3. The van der Waals surface area contributed by atoms with Crippen molar-refractivity contribution in [2.75, 3.05) is 24.3 Å². The molecule has 0 amide bonds. The molecule has 0 aromatic carbocycles. The Balaban J connectivity index is 2.28. The van der Waals surface area contributed by atoms with E-state index in [9.17, 15) is 0 Å². The van der Waals surface area contributed by atoms with Crippen molar-refractivity contribution in [3.8, 4) is 5.88 Å². The van der Waals surface area contributed by atoms with Gasteiger partial charge in [0.05, 0.1) is 12.8 Å². The zero-order chi connectivity index (χ0) is 13.1. The van der Waals surface area contributed by atoms with E-state index < -0.39 is 0 Å². The van der Waals surface area contributed by atoms with E-state index in [2.05, 4.69) is 15.0 Å². The fraction of sp³-hybridized carbons (Fsp3) is 0.100. The molecule has 0 bridgehead atoms. The van der Waals surface area contributed by atoms with Crippen LogP contribution in [0.2, 0.25) is 0 Å². The van der Waals surface area contributed by atoms with Crippen LogP contribution in [0.4, 0.5) is 17.3 Å². The number of nitrogen functional groups attached to an aromatic ring is 3. The Morgan fingerprint density at radius 2 is 1.72 bits per heavy atom. The number of pyridine rings is 1. The van der Waals surface area contributed by atoms with Gasteiger partial charge in [-0.1, -0.05) is 0 Å². The van der Waals surface area contributed by atoms with Crippen LogP contribution in [-0.2, 0) is 0 Å². The normalized spacial score (nSPS) is 10.3. The van der Waals surface area contributed by atoms with Crippen LogP contribution in [0.15, 0.2) is 28.4 Å². The van der Waals surface area contributed by atoms with Crippen molar-refractivity contribution in [1.29, 1.82) is 0 Å². The van der Waals surface area contributed by atoms with E-state index in [0.29, 0.717) is 33.4 Å². The first-order valence-corrected chi connectivity index (χ1v) is 5.78. The van der Waals surface area contributed by atoms with Crippen molar-refractivity contribution in [3.05, 3.63) is 18.2 Å². The Kier molecular flexibility index (Phi) is 3.38. The summed E-state index contributed by atoms with van der Waals surface area (Å²) in [6, 6.07) is 4.93. The molecule has 0 saturated heterocycles. The van der Waals surface area contributed by atoms with E-state index in [1.807, 2.05) is 0 Å². The molecule has 2 heterocycles. The molecule has 8 heteroatoms. The minimum Gasteiger partial charge on any atom is -0.480 e. The van der Waals surface area contributed by atoms with Crippen LogP contribution in [0.1, 0.15) is 0 Å². The molecule has 0 spiro atoms. The highest BCUT2D eigenvalue weighted by atomic mass is 32.2. The quantitative estimate of drug-likeness (QED) is 0.694. The molecule has 0 fully saturated rings. The number of hydrogen-bond acceptors (Lipinski definition) is 8. The lowest BCUT2D eigenvalue weighted by Gasteiger charge is -2.05. The van der Waals surface area contributed by atoms with E-state index in [1.165, 1.54) is 24.9 Å². The number of nitrogens with two attached hydrogens (primary N) is 3. The first kappa shape index (κ1) is 12.2. The second kappa shape index (κ2) is 4.96. The lowest BCUT2D eigenvalue weighted by atomic mass is 10.4. The molecule has 0 atom stereocenters. The van der Waals surface area contributed by atoms with E-state index in [0.717, 1.165) is 0 Å². The summed E-state index contributed by atoms with van der Waals surface area (Å²) in [5, 5.41) is 1.07. The summed E-state index contributed by atoms with van der Waals surface area (Å²) in [6.07, 6.45) is 0. The van der Waals surface area contributed by atoms with Crippen molar-refractivity contribution in [1.82, 2.24) is 15.0 Å². The zero-order valence-electron chi connectivity index (χ0n) is 9.62. The predicted octanol–water partition coefficient (Wildman–Crippen LogP) is 0.778. The molecule has 0 radical (unpaired) electrons. The largest absolute Gasteiger partial charge is 0.480 e. The van der Waals surface area contributed by atoms with Gasteiger partial charge in [0.15, 0.2) is 5.16 Å². The maximum absolute atomic E-state index is 5.67. The van der Waals surface area contributed by atoms with Gasteiger partial charge in [0.2, 0.25) is 5.88 Å². The number of hydrogen-bond donors (Lipinski definition) is 3. The highest BCUT2D eigenvalue weighted by Crippen LogP contribution is 2.28. The van der Waals surface area contributed by atoms with Crippen LogP contribution >= 0.6 is 11.8 Å². The highest BCUT2D eigenvalue weighted by molar-refractivity contribution is 7.99. The molecule has 2 aromatic rings. The summed E-state index contributed by atoms with van der Waals surface area (Å²) in [6.45, 7) is 0. The molecule has 7 nitrogen and oxygen atoms in total. The molecule has 0 saturated carbocycles. The smallest absolute Gasteiger partial charge is 0.237 e. The number of methoxy groups -OCH3 is 1. The van der Waals surface area contributed by atoms with Crippen molar-refractivity contribution in [2.24, 2.45) is 0 Å². The molecule has 0 aliphatic carbocycles. The average molecular weight is 264 g/mol. The Hall–Kier alpha value is -2.22. The molecular formula is C10H12N6OS. The predicted molar refractivity (Wildman–Crippen MR) is 70.2 cm³/mol. The summed E-state index contributed by atoms with van der Waals surface area (Å²) in [4.78, 5) is 12.3. The van der Waals surface area contributed by atoms with Gasteiger partial charge in [-0.25, -0.2) is 15.0 Å². The van der Waals surface area contributed by atoms with E-state index in [4.69, 9.17) is 21.9 Å². The number of ether oxygens (including phenoxy) is 1. The summed E-state index contributed by atoms with van der Waals surface area (Å²) < 4.78 is 5.03. The lowest BCUT2D eigenvalue weighted by Crippen LogP contribution is -2.00. The Morgan fingerprint density at radius 3 is 2.33 bits per heavy atom. The van der Waals surface area contributed by atoms with Crippen molar-refractivity contribution < 1.29 is 4.74 Å². The molecule has 94 valence electrons. The standard InChI is InChI=1S/C10H12N6OS/c1-17-9-5(11)2-3-8(16-9)18-10-14-6(12)4-7(13)15-10/h2-4H,11H2,1H3,(H4,12,13,14,15). The van der Waals surface area contributed by atoms with Gasteiger partial charge < -0.3 is 21.9 Å². The summed E-state index contributed by atoms with van der Waals surface area (Å²) in [5.74, 6) is 0.983. The Bertz CT molecular complexity index is 556. The van der Waals surface area contributed by atoms with Gasteiger partial charge in [0.1, 0.15) is 16.7 Å². The maximum Gasteiger partial charge on any atom is 0.237 e. The fourth-order valence-corrected chi connectivity index (χ4v) is 2.01. The summed E-state index contributed by atoms with van der Waals surface area (Å²) in [7, 11) is 1.50. The number of nitrogens with zero attached hydrogens (tertiary/aromatic N) is 3. The number of aromatic nitrogens is 3. The van der Waals surface area contributed by atoms with Crippen LogP contribution in [0.25, 0.3) is 0 Å². The molecule has 0 aliphatic heterocycles. The highest BCUT2D eigenvalue weighted by Gasteiger charge is 2.07. The zero-order valence-corrected chi connectivity index (χ0v) is 10.4. The molecule has 0 aliphatic rings. The molecule has 2 rings (SSSR count). The molecular weight excluding hydrogens is 252 g/mol. The third-order valence-electron chi connectivity index (χ3n) is 2.00.